The molecule has 0 aliphatic carbocycles. The van der Waals surface area contributed by atoms with Gasteiger partial charge in [0.15, 0.2) is 11.5 Å². The maximum Gasteiger partial charge on any atom is 0.409 e. The van der Waals surface area contributed by atoms with Crippen molar-refractivity contribution in [1.82, 2.24) is 10.2 Å². The third-order valence-electron chi connectivity index (χ3n) is 3.70. The molecule has 0 unspecified atom stereocenters. The van der Waals surface area contributed by atoms with Crippen molar-refractivity contribution in [2.24, 2.45) is 0 Å². The maximum absolute atomic E-state index is 11.6. The summed E-state index contributed by atoms with van der Waals surface area (Å²) in [6.07, 6.45) is 1.44. The van der Waals surface area contributed by atoms with E-state index in [1.807, 2.05) is 0 Å². The van der Waals surface area contributed by atoms with Gasteiger partial charge in [0.05, 0.1) is 6.61 Å². The van der Waals surface area contributed by atoms with Gasteiger partial charge in [0.25, 0.3) is 0 Å². The number of phenols is 2. The summed E-state index contributed by atoms with van der Waals surface area (Å²) in [4.78, 5) is 13.3. The molecule has 0 aromatic heterocycles. The third kappa shape index (κ3) is 4.01. The number of carbonyl (C=O) groups excluding carboxylic acids is 1. The van der Waals surface area contributed by atoms with Crippen LogP contribution in [0.4, 0.5) is 4.79 Å². The fourth-order valence-corrected chi connectivity index (χ4v) is 2.46. The lowest BCUT2D eigenvalue weighted by molar-refractivity contribution is 0.0950. The Morgan fingerprint density at radius 2 is 2.10 bits per heavy atom. The number of para-hydroxylation sites is 1. The van der Waals surface area contributed by atoms with Gasteiger partial charge in [-0.05, 0) is 25.8 Å². The van der Waals surface area contributed by atoms with Gasteiger partial charge in [-0.25, -0.2) is 4.79 Å². The summed E-state index contributed by atoms with van der Waals surface area (Å²) < 4.78 is 4.98. The summed E-state index contributed by atoms with van der Waals surface area (Å²) in [7, 11) is 0. The fraction of sp³-hybridized carbons (Fsp3) is 0.533. The van der Waals surface area contributed by atoms with Crippen LogP contribution in [0.2, 0.25) is 0 Å². The van der Waals surface area contributed by atoms with E-state index >= 15 is 0 Å². The molecule has 6 heteroatoms. The van der Waals surface area contributed by atoms with Crippen molar-refractivity contribution in [2.75, 3.05) is 19.7 Å². The van der Waals surface area contributed by atoms with Crippen molar-refractivity contribution >= 4 is 6.09 Å². The number of rotatable bonds is 4. The number of amides is 1. The molecule has 116 valence electrons. The number of benzene rings is 1. The molecule has 3 N–H and O–H groups in total. The van der Waals surface area contributed by atoms with Gasteiger partial charge in [0.1, 0.15) is 0 Å². The molecular formula is C15H22N2O4. The third-order valence-corrected chi connectivity index (χ3v) is 3.70. The molecule has 1 fully saturated rings. The lowest BCUT2D eigenvalue weighted by Crippen LogP contribution is -2.44. The molecule has 0 bridgehead atoms. The van der Waals surface area contributed by atoms with Crippen LogP contribution in [-0.4, -0.2) is 46.9 Å². The SMILES string of the molecule is CCOC(=O)N1CCC(NCc2cccc(O)c2O)CC1. The van der Waals surface area contributed by atoms with Crippen LogP contribution in [0.3, 0.4) is 0 Å². The zero-order valence-electron chi connectivity index (χ0n) is 12.2. The average Bonchev–Trinajstić information content (AvgIpc) is 2.49. The lowest BCUT2D eigenvalue weighted by Gasteiger charge is -2.31. The van der Waals surface area contributed by atoms with Gasteiger partial charge in [0.2, 0.25) is 0 Å². The van der Waals surface area contributed by atoms with Crippen molar-refractivity contribution in [1.29, 1.82) is 0 Å². The Hall–Kier alpha value is -1.95. The highest BCUT2D eigenvalue weighted by Crippen LogP contribution is 2.28. The van der Waals surface area contributed by atoms with Crippen LogP contribution in [0, 0.1) is 0 Å². The van der Waals surface area contributed by atoms with Gasteiger partial charge < -0.3 is 25.2 Å². The predicted octanol–water partition coefficient (Wildman–Crippen LogP) is 1.81. The van der Waals surface area contributed by atoms with Crippen molar-refractivity contribution in [2.45, 2.75) is 32.4 Å². The highest BCUT2D eigenvalue weighted by atomic mass is 16.6. The first-order valence-corrected chi connectivity index (χ1v) is 7.26. The first kappa shape index (κ1) is 15.4. The molecule has 0 atom stereocenters. The van der Waals surface area contributed by atoms with E-state index in [1.54, 1.807) is 24.0 Å². The number of nitrogens with one attached hydrogen (secondary N) is 1. The van der Waals surface area contributed by atoms with E-state index in [0.29, 0.717) is 31.8 Å². The van der Waals surface area contributed by atoms with Crippen LogP contribution < -0.4 is 5.32 Å². The number of hydrogen-bond donors (Lipinski definition) is 3. The maximum atomic E-state index is 11.6. The normalized spacial score (nSPS) is 16.0. The summed E-state index contributed by atoms with van der Waals surface area (Å²) in [5.41, 5.74) is 0.669. The molecule has 21 heavy (non-hydrogen) atoms. The summed E-state index contributed by atoms with van der Waals surface area (Å²) in [6, 6.07) is 5.22. The van der Waals surface area contributed by atoms with Crippen molar-refractivity contribution in [3.8, 4) is 11.5 Å². The summed E-state index contributed by atoms with van der Waals surface area (Å²) in [5.74, 6) is -0.180. The standard InChI is InChI=1S/C15H22N2O4/c1-2-21-15(20)17-8-6-12(7-9-17)16-10-11-4-3-5-13(18)14(11)19/h3-5,12,16,18-19H,2,6-10H2,1H3. The van der Waals surface area contributed by atoms with E-state index in [9.17, 15) is 15.0 Å². The number of phenolic OH excluding ortho intramolecular Hbond substituents is 2. The molecule has 6 nitrogen and oxygen atoms in total. The molecule has 0 saturated carbocycles. The van der Waals surface area contributed by atoms with E-state index < -0.39 is 0 Å². The van der Waals surface area contributed by atoms with Gasteiger partial charge in [-0.15, -0.1) is 0 Å². The van der Waals surface area contributed by atoms with E-state index in [1.165, 1.54) is 6.07 Å². The Balaban J connectivity index is 1.79. The number of hydrogen-bond acceptors (Lipinski definition) is 5. The number of aromatic hydroxyl groups is 2. The number of carbonyl (C=O) groups is 1. The fourth-order valence-electron chi connectivity index (χ4n) is 2.46. The Morgan fingerprint density at radius 1 is 1.38 bits per heavy atom. The van der Waals surface area contributed by atoms with Gasteiger partial charge in [-0.3, -0.25) is 0 Å². The second kappa shape index (κ2) is 7.17. The molecular weight excluding hydrogens is 272 g/mol. The van der Waals surface area contributed by atoms with E-state index in [2.05, 4.69) is 5.32 Å². The van der Waals surface area contributed by atoms with Crippen LogP contribution in [0.5, 0.6) is 11.5 Å². The largest absolute Gasteiger partial charge is 0.504 e. The van der Waals surface area contributed by atoms with Crippen molar-refractivity contribution in [3.05, 3.63) is 23.8 Å². The molecule has 1 aromatic carbocycles. The van der Waals surface area contributed by atoms with Gasteiger partial charge >= 0.3 is 6.09 Å². The molecule has 0 radical (unpaired) electrons. The molecule has 1 amide bonds. The Morgan fingerprint density at radius 3 is 2.76 bits per heavy atom. The van der Waals surface area contributed by atoms with Crippen LogP contribution >= 0.6 is 0 Å². The molecule has 0 spiro atoms. The Labute approximate surface area is 124 Å². The highest BCUT2D eigenvalue weighted by Gasteiger charge is 2.23. The molecule has 1 aliphatic heterocycles. The minimum atomic E-state index is -0.249. The average molecular weight is 294 g/mol. The van der Waals surface area contributed by atoms with Crippen molar-refractivity contribution < 1.29 is 19.7 Å². The zero-order valence-corrected chi connectivity index (χ0v) is 12.2. The van der Waals surface area contributed by atoms with E-state index in [4.69, 9.17) is 4.74 Å². The van der Waals surface area contributed by atoms with E-state index in [0.717, 1.165) is 12.8 Å². The lowest BCUT2D eigenvalue weighted by atomic mass is 10.0. The minimum Gasteiger partial charge on any atom is -0.504 e. The second-order valence-corrected chi connectivity index (χ2v) is 5.13. The van der Waals surface area contributed by atoms with Crippen LogP contribution in [0.25, 0.3) is 0 Å². The Kier molecular flexibility index (Phi) is 5.27. The topological polar surface area (TPSA) is 82.0 Å². The Bertz CT molecular complexity index is 485. The summed E-state index contributed by atoms with van der Waals surface area (Å²) in [6.45, 7) is 4.02. The number of likely N-dealkylation sites (tertiary alicyclic amines) is 1. The monoisotopic (exact) mass is 294 g/mol. The number of nitrogens with zero attached hydrogens (tertiary/aromatic N) is 1. The van der Waals surface area contributed by atoms with E-state index in [-0.39, 0.29) is 23.6 Å². The van der Waals surface area contributed by atoms with Gasteiger partial charge in [-0.2, -0.15) is 0 Å². The highest BCUT2D eigenvalue weighted by molar-refractivity contribution is 5.67. The molecule has 1 aromatic rings. The predicted molar refractivity (Wildman–Crippen MR) is 78.2 cm³/mol. The summed E-state index contributed by atoms with van der Waals surface area (Å²) in [5, 5.41) is 22.5. The number of ether oxygens (including phenoxy) is 1. The second-order valence-electron chi connectivity index (χ2n) is 5.13. The van der Waals surface area contributed by atoms with Crippen LogP contribution in [0.15, 0.2) is 18.2 Å². The summed E-state index contributed by atoms with van der Waals surface area (Å²) >= 11 is 0. The first-order chi connectivity index (χ1) is 10.1. The van der Waals surface area contributed by atoms with Gasteiger partial charge in [-0.1, -0.05) is 12.1 Å². The molecule has 1 heterocycles. The first-order valence-electron chi connectivity index (χ1n) is 7.26. The zero-order chi connectivity index (χ0) is 15.2. The van der Waals surface area contributed by atoms with Crippen LogP contribution in [-0.2, 0) is 11.3 Å². The number of piperidine rings is 1. The molecule has 1 aliphatic rings. The smallest absolute Gasteiger partial charge is 0.409 e. The quantitative estimate of drug-likeness (QED) is 0.738. The molecule has 1 saturated heterocycles. The van der Waals surface area contributed by atoms with Gasteiger partial charge in [0, 0.05) is 31.2 Å². The van der Waals surface area contributed by atoms with Crippen molar-refractivity contribution in [3.63, 3.8) is 0 Å². The minimum absolute atomic E-state index is 0.0750. The van der Waals surface area contributed by atoms with Crippen LogP contribution in [0.1, 0.15) is 25.3 Å². The molecule has 2 rings (SSSR count).